The zero-order valence-corrected chi connectivity index (χ0v) is 11.5. The van der Waals surface area contributed by atoms with Gasteiger partial charge in [0.1, 0.15) is 6.04 Å². The molecule has 3 N–H and O–H groups in total. The number of carbonyl (C=O) groups is 4. The van der Waals surface area contributed by atoms with Gasteiger partial charge in [-0.25, -0.2) is 4.79 Å². The molecule has 0 aromatic carbocycles. The van der Waals surface area contributed by atoms with Crippen molar-refractivity contribution in [2.45, 2.75) is 45.2 Å². The van der Waals surface area contributed by atoms with Gasteiger partial charge in [0.15, 0.2) is 0 Å². The second-order valence-corrected chi connectivity index (χ2v) is 4.88. The van der Waals surface area contributed by atoms with Crippen molar-refractivity contribution in [2.24, 2.45) is 0 Å². The Bertz CT molecular complexity index is 421. The van der Waals surface area contributed by atoms with Gasteiger partial charge in [0.05, 0.1) is 6.42 Å². The molecular weight excluding hydrogens is 266 g/mol. The first-order valence-electron chi connectivity index (χ1n) is 6.44. The minimum atomic E-state index is -0.996. The summed E-state index contributed by atoms with van der Waals surface area (Å²) in [6.45, 7) is 3.57. The van der Waals surface area contributed by atoms with Crippen molar-refractivity contribution in [3.05, 3.63) is 0 Å². The summed E-state index contributed by atoms with van der Waals surface area (Å²) in [5.41, 5.74) is 0. The summed E-state index contributed by atoms with van der Waals surface area (Å²) in [4.78, 5) is 46.5. The molecule has 0 saturated carbocycles. The van der Waals surface area contributed by atoms with Gasteiger partial charge in [-0.05, 0) is 20.3 Å². The average molecular weight is 285 g/mol. The van der Waals surface area contributed by atoms with Crippen molar-refractivity contribution in [1.29, 1.82) is 0 Å². The van der Waals surface area contributed by atoms with E-state index in [0.717, 1.165) is 0 Å². The van der Waals surface area contributed by atoms with Crippen LogP contribution in [0.4, 0.5) is 4.79 Å². The van der Waals surface area contributed by atoms with E-state index in [1.54, 1.807) is 13.8 Å². The van der Waals surface area contributed by atoms with E-state index < -0.39 is 23.9 Å². The van der Waals surface area contributed by atoms with E-state index in [-0.39, 0.29) is 37.8 Å². The van der Waals surface area contributed by atoms with Crippen molar-refractivity contribution in [2.75, 3.05) is 6.54 Å². The van der Waals surface area contributed by atoms with Crippen LogP contribution in [0.25, 0.3) is 0 Å². The Morgan fingerprint density at radius 1 is 1.45 bits per heavy atom. The van der Waals surface area contributed by atoms with Crippen LogP contribution in [0.1, 0.15) is 33.1 Å². The average Bonchev–Trinajstić information content (AvgIpc) is 2.32. The van der Waals surface area contributed by atoms with Gasteiger partial charge in [0.25, 0.3) is 0 Å². The summed E-state index contributed by atoms with van der Waals surface area (Å²) in [6, 6.07) is -1.45. The highest BCUT2D eigenvalue weighted by atomic mass is 16.4. The number of carboxylic acid groups (broad SMARTS) is 1. The molecule has 0 spiro atoms. The molecule has 1 saturated heterocycles. The largest absolute Gasteiger partial charge is 0.481 e. The van der Waals surface area contributed by atoms with Gasteiger partial charge >= 0.3 is 12.0 Å². The second-order valence-electron chi connectivity index (χ2n) is 4.88. The second kappa shape index (κ2) is 6.88. The van der Waals surface area contributed by atoms with Crippen LogP contribution in [-0.4, -0.2) is 52.4 Å². The predicted molar refractivity (Wildman–Crippen MR) is 68.8 cm³/mol. The Morgan fingerprint density at radius 3 is 2.60 bits per heavy atom. The maximum Gasteiger partial charge on any atom is 0.318 e. The summed E-state index contributed by atoms with van der Waals surface area (Å²) in [5.74, 6) is -1.88. The fraction of sp³-hybridized carbons (Fsp3) is 0.667. The highest BCUT2D eigenvalue weighted by molar-refractivity contribution is 6.01. The molecule has 1 heterocycles. The lowest BCUT2D eigenvalue weighted by atomic mass is 10.1. The number of nitrogens with zero attached hydrogens (tertiary/aromatic N) is 1. The molecule has 0 aromatic heterocycles. The van der Waals surface area contributed by atoms with E-state index in [1.807, 2.05) is 0 Å². The van der Waals surface area contributed by atoms with E-state index in [0.29, 0.717) is 0 Å². The van der Waals surface area contributed by atoms with Gasteiger partial charge in [-0.1, -0.05) is 0 Å². The third-order valence-electron chi connectivity index (χ3n) is 2.99. The molecule has 1 unspecified atom stereocenters. The number of aliphatic carboxylic acids is 1. The number of carbonyl (C=O) groups excluding carboxylic acids is 3. The first-order valence-corrected chi connectivity index (χ1v) is 6.44. The van der Waals surface area contributed by atoms with Crippen LogP contribution in [0.3, 0.4) is 0 Å². The van der Waals surface area contributed by atoms with Crippen molar-refractivity contribution >= 4 is 23.8 Å². The first-order chi connectivity index (χ1) is 9.31. The highest BCUT2D eigenvalue weighted by Gasteiger charge is 2.29. The lowest BCUT2D eigenvalue weighted by Gasteiger charge is -2.29. The third-order valence-corrected chi connectivity index (χ3v) is 2.99. The minimum Gasteiger partial charge on any atom is -0.481 e. The van der Waals surface area contributed by atoms with Gasteiger partial charge < -0.3 is 15.3 Å². The van der Waals surface area contributed by atoms with Gasteiger partial charge in [-0.3, -0.25) is 19.7 Å². The summed E-state index contributed by atoms with van der Waals surface area (Å²) in [5, 5.41) is 13.3. The number of hydrogen-bond acceptors (Lipinski definition) is 4. The van der Waals surface area contributed by atoms with E-state index >= 15 is 0 Å². The quantitative estimate of drug-likeness (QED) is 0.599. The van der Waals surface area contributed by atoms with Crippen molar-refractivity contribution in [3.63, 3.8) is 0 Å². The van der Waals surface area contributed by atoms with Crippen LogP contribution in [0, 0.1) is 0 Å². The van der Waals surface area contributed by atoms with E-state index in [4.69, 9.17) is 5.11 Å². The molecule has 0 radical (unpaired) electrons. The molecule has 0 aromatic rings. The van der Waals surface area contributed by atoms with Gasteiger partial charge in [0, 0.05) is 19.0 Å². The standard InChI is InChI=1S/C12H19N3O5/c1-7(2)15(6-5-10(17)18)12(20)13-8-3-4-9(16)14-11(8)19/h7-8H,3-6H2,1-2H3,(H,13,20)(H,17,18)(H,14,16,19). The lowest BCUT2D eigenvalue weighted by molar-refractivity contribution is -0.138. The van der Waals surface area contributed by atoms with Crippen LogP contribution in [0.15, 0.2) is 0 Å². The molecule has 1 aliphatic rings. The number of imide groups is 1. The minimum absolute atomic E-state index is 0.0616. The number of nitrogens with one attached hydrogen (secondary N) is 2. The van der Waals surface area contributed by atoms with E-state index in [2.05, 4.69) is 10.6 Å². The Morgan fingerprint density at radius 2 is 2.10 bits per heavy atom. The molecule has 1 fully saturated rings. The topological polar surface area (TPSA) is 116 Å². The zero-order chi connectivity index (χ0) is 15.3. The fourth-order valence-corrected chi connectivity index (χ4v) is 1.87. The summed E-state index contributed by atoms with van der Waals surface area (Å²) in [7, 11) is 0. The van der Waals surface area contributed by atoms with Crippen molar-refractivity contribution in [1.82, 2.24) is 15.5 Å². The fourth-order valence-electron chi connectivity index (χ4n) is 1.87. The zero-order valence-electron chi connectivity index (χ0n) is 11.5. The maximum atomic E-state index is 12.0. The number of piperidine rings is 1. The van der Waals surface area contributed by atoms with Crippen LogP contribution in [0.5, 0.6) is 0 Å². The van der Waals surface area contributed by atoms with Gasteiger partial charge in [-0.2, -0.15) is 0 Å². The third kappa shape index (κ3) is 4.52. The molecule has 1 rings (SSSR count). The highest BCUT2D eigenvalue weighted by Crippen LogP contribution is 2.07. The number of carboxylic acids is 1. The smallest absolute Gasteiger partial charge is 0.318 e. The molecule has 20 heavy (non-hydrogen) atoms. The Hall–Kier alpha value is -2.12. The van der Waals surface area contributed by atoms with Crippen molar-refractivity contribution in [3.8, 4) is 0 Å². The summed E-state index contributed by atoms with van der Waals surface area (Å²) < 4.78 is 0. The number of hydrogen-bond donors (Lipinski definition) is 3. The molecule has 8 nitrogen and oxygen atoms in total. The van der Waals surface area contributed by atoms with Crippen molar-refractivity contribution < 1.29 is 24.3 Å². The monoisotopic (exact) mass is 285 g/mol. The van der Waals surface area contributed by atoms with E-state index in [1.165, 1.54) is 4.90 Å². The van der Waals surface area contributed by atoms with Crippen LogP contribution < -0.4 is 10.6 Å². The Labute approximate surface area is 116 Å². The predicted octanol–water partition coefficient (Wildman–Crippen LogP) is -0.314. The molecule has 8 heteroatoms. The van der Waals surface area contributed by atoms with Gasteiger partial charge in [-0.15, -0.1) is 0 Å². The summed E-state index contributed by atoms with van der Waals surface area (Å²) >= 11 is 0. The lowest BCUT2D eigenvalue weighted by Crippen LogP contribution is -2.56. The maximum absolute atomic E-state index is 12.0. The molecule has 112 valence electrons. The molecular formula is C12H19N3O5. The number of urea groups is 1. The molecule has 4 amide bonds. The first kappa shape index (κ1) is 15.9. The normalized spacial score (nSPS) is 18.6. The van der Waals surface area contributed by atoms with Crippen LogP contribution >= 0.6 is 0 Å². The molecule has 1 aliphatic heterocycles. The molecule has 0 aliphatic carbocycles. The number of rotatable bonds is 5. The van der Waals surface area contributed by atoms with Crippen LogP contribution in [-0.2, 0) is 14.4 Å². The number of amides is 4. The van der Waals surface area contributed by atoms with E-state index in [9.17, 15) is 19.2 Å². The molecule has 1 atom stereocenters. The Kier molecular flexibility index (Phi) is 5.48. The summed E-state index contributed by atoms with van der Waals surface area (Å²) in [6.07, 6.45) is 0.260. The Balaban J connectivity index is 2.59. The SMILES string of the molecule is CC(C)N(CCC(=O)O)C(=O)NC1CCC(=O)NC1=O. The van der Waals surface area contributed by atoms with Gasteiger partial charge in [0.2, 0.25) is 11.8 Å². The van der Waals surface area contributed by atoms with Crippen LogP contribution in [0.2, 0.25) is 0 Å². The molecule has 0 bridgehead atoms.